The van der Waals surface area contributed by atoms with Crippen LogP contribution in [0.25, 0.3) is 28.0 Å². The summed E-state index contributed by atoms with van der Waals surface area (Å²) in [6, 6.07) is 10.6. The summed E-state index contributed by atoms with van der Waals surface area (Å²) in [4.78, 5) is 24.6. The van der Waals surface area contributed by atoms with Crippen LogP contribution in [0.1, 0.15) is 42.9 Å². The number of carbonyl (C=O) groups is 1. The molecule has 4 aromatic rings. The quantitative estimate of drug-likeness (QED) is 0.461. The zero-order valence-electron chi connectivity index (χ0n) is 19.2. The lowest BCUT2D eigenvalue weighted by molar-refractivity contribution is -0.133. The summed E-state index contributed by atoms with van der Waals surface area (Å²) in [6.45, 7) is 6.59. The fourth-order valence-electron chi connectivity index (χ4n) is 5.60. The zero-order valence-corrected chi connectivity index (χ0v) is 19.2. The zero-order chi connectivity index (χ0) is 22.5. The van der Waals surface area contributed by atoms with Crippen LogP contribution in [0, 0.1) is 12.8 Å². The third-order valence-electron chi connectivity index (χ3n) is 7.49. The number of allylic oxidation sites excluding steroid dienone is 1. The highest BCUT2D eigenvalue weighted by molar-refractivity contribution is 5.90. The number of carbonyl (C=O) groups excluding carboxylic acids is 1. The molecule has 1 aromatic carbocycles. The lowest BCUT2D eigenvalue weighted by Gasteiger charge is -2.38. The number of aryl methyl sites for hydroxylation is 2. The highest BCUT2D eigenvalue weighted by Crippen LogP contribution is 2.35. The standard InChI is InChI=1S/C27H29N5O/c1-18-10-13-30(26(33)12-15-31-19(2)29-23-7-3-4-9-24(23)31)17-25(18)32-14-11-20-16-28-22-8-5-6-21(22)27(20)32/h3-7,9,11,14,16,18,25H,8,10,12-13,15,17H2,1-2H3/t18-,25+/m1/s1. The number of piperidine rings is 1. The third-order valence-corrected chi connectivity index (χ3v) is 7.49. The van der Waals surface area contributed by atoms with Gasteiger partial charge in [-0.3, -0.25) is 9.78 Å². The van der Waals surface area contributed by atoms with Gasteiger partial charge in [0.2, 0.25) is 5.91 Å². The average molecular weight is 440 g/mol. The van der Waals surface area contributed by atoms with Crippen molar-refractivity contribution >= 4 is 33.9 Å². The Hall–Kier alpha value is -3.41. The largest absolute Gasteiger partial charge is 0.342 e. The van der Waals surface area contributed by atoms with Gasteiger partial charge in [-0.05, 0) is 37.5 Å². The van der Waals surface area contributed by atoms with Crippen molar-refractivity contribution in [3.63, 3.8) is 0 Å². The third kappa shape index (κ3) is 3.36. The monoisotopic (exact) mass is 439 g/mol. The van der Waals surface area contributed by atoms with Crippen molar-refractivity contribution in [3.05, 3.63) is 65.9 Å². The van der Waals surface area contributed by atoms with Crippen molar-refractivity contribution in [2.75, 3.05) is 13.1 Å². The molecular weight excluding hydrogens is 410 g/mol. The van der Waals surface area contributed by atoms with Gasteiger partial charge >= 0.3 is 0 Å². The maximum Gasteiger partial charge on any atom is 0.224 e. The summed E-state index contributed by atoms with van der Waals surface area (Å²) in [7, 11) is 0. The lowest BCUT2D eigenvalue weighted by Crippen LogP contribution is -2.44. The molecule has 0 bridgehead atoms. The summed E-state index contributed by atoms with van der Waals surface area (Å²) in [6.07, 6.45) is 11.0. The number of aromatic nitrogens is 4. The minimum absolute atomic E-state index is 0.229. The first-order valence-electron chi connectivity index (χ1n) is 11.9. The second-order valence-corrected chi connectivity index (χ2v) is 9.47. The first kappa shape index (κ1) is 20.2. The number of imidazole rings is 1. The second kappa shape index (κ2) is 7.87. The van der Waals surface area contributed by atoms with Gasteiger partial charge in [0.05, 0.1) is 28.3 Å². The van der Waals surface area contributed by atoms with Crippen LogP contribution >= 0.6 is 0 Å². The van der Waals surface area contributed by atoms with Crippen LogP contribution in [-0.2, 0) is 17.8 Å². The van der Waals surface area contributed by atoms with Crippen molar-refractivity contribution in [1.82, 2.24) is 24.0 Å². The molecule has 0 spiro atoms. The molecule has 0 radical (unpaired) electrons. The number of likely N-dealkylation sites (tertiary alicyclic amines) is 1. The Balaban J connectivity index is 1.23. The highest BCUT2D eigenvalue weighted by atomic mass is 16.2. The number of nitrogens with zero attached hydrogens (tertiary/aromatic N) is 5. The smallest absolute Gasteiger partial charge is 0.224 e. The molecule has 1 aliphatic carbocycles. The number of amides is 1. The van der Waals surface area contributed by atoms with Crippen LogP contribution in [0.4, 0.5) is 0 Å². The minimum atomic E-state index is 0.229. The molecule has 6 rings (SSSR count). The number of fused-ring (bicyclic) bond motifs is 4. The summed E-state index contributed by atoms with van der Waals surface area (Å²) in [5, 5.41) is 1.18. The Bertz CT molecular complexity index is 1390. The number of benzene rings is 1. The van der Waals surface area contributed by atoms with Crippen LogP contribution in [0.2, 0.25) is 0 Å². The number of rotatable bonds is 4. The molecule has 1 saturated heterocycles. The van der Waals surface area contributed by atoms with E-state index in [1.54, 1.807) is 0 Å². The van der Waals surface area contributed by atoms with Gasteiger partial charge in [0.25, 0.3) is 0 Å². The van der Waals surface area contributed by atoms with Gasteiger partial charge < -0.3 is 14.0 Å². The summed E-state index contributed by atoms with van der Waals surface area (Å²) in [5.74, 6) is 1.70. The highest BCUT2D eigenvalue weighted by Gasteiger charge is 2.31. The molecule has 1 aliphatic heterocycles. The van der Waals surface area contributed by atoms with E-state index >= 15 is 0 Å². The van der Waals surface area contributed by atoms with E-state index in [1.165, 1.54) is 16.5 Å². The average Bonchev–Trinajstić information content (AvgIpc) is 3.53. The molecule has 0 unspecified atom stereocenters. The molecule has 168 valence electrons. The number of hydrogen-bond acceptors (Lipinski definition) is 3. The molecule has 6 nitrogen and oxygen atoms in total. The number of para-hydroxylation sites is 2. The van der Waals surface area contributed by atoms with Gasteiger partial charge in [0.1, 0.15) is 5.82 Å². The normalized spacial score (nSPS) is 20.1. The van der Waals surface area contributed by atoms with Crippen LogP contribution in [-0.4, -0.2) is 43.0 Å². The Labute approximate surface area is 193 Å². The molecule has 2 atom stereocenters. The number of hydrogen-bond donors (Lipinski definition) is 0. The van der Waals surface area contributed by atoms with Crippen LogP contribution in [0.5, 0.6) is 0 Å². The van der Waals surface area contributed by atoms with Gasteiger partial charge in [0, 0.05) is 55.8 Å². The maximum absolute atomic E-state index is 13.3. The lowest BCUT2D eigenvalue weighted by atomic mass is 9.92. The van der Waals surface area contributed by atoms with E-state index in [1.807, 2.05) is 31.3 Å². The first-order valence-corrected chi connectivity index (χ1v) is 11.9. The predicted octanol–water partition coefficient (Wildman–Crippen LogP) is 4.76. The molecule has 3 aromatic heterocycles. The fourth-order valence-corrected chi connectivity index (χ4v) is 5.60. The first-order chi connectivity index (χ1) is 16.1. The van der Waals surface area contributed by atoms with Gasteiger partial charge in [-0.15, -0.1) is 0 Å². The number of pyridine rings is 1. The van der Waals surface area contributed by atoms with E-state index in [0.717, 1.165) is 48.5 Å². The Morgan fingerprint density at radius 1 is 1.21 bits per heavy atom. The van der Waals surface area contributed by atoms with E-state index in [9.17, 15) is 4.79 Å². The molecule has 4 heterocycles. The van der Waals surface area contributed by atoms with Gasteiger partial charge in [-0.2, -0.15) is 0 Å². The van der Waals surface area contributed by atoms with E-state index in [4.69, 9.17) is 0 Å². The van der Waals surface area contributed by atoms with Crippen molar-refractivity contribution in [2.24, 2.45) is 5.92 Å². The van der Waals surface area contributed by atoms with Crippen molar-refractivity contribution in [2.45, 2.75) is 45.7 Å². The second-order valence-electron chi connectivity index (χ2n) is 9.47. The summed E-state index contributed by atoms with van der Waals surface area (Å²) in [5.41, 5.74) is 5.75. The molecule has 6 heteroatoms. The van der Waals surface area contributed by atoms with Crippen molar-refractivity contribution in [3.8, 4) is 0 Å². The van der Waals surface area contributed by atoms with Crippen LogP contribution in [0.15, 0.2) is 48.8 Å². The molecule has 1 amide bonds. The van der Waals surface area contributed by atoms with E-state index < -0.39 is 0 Å². The molecule has 0 saturated carbocycles. The van der Waals surface area contributed by atoms with E-state index in [2.05, 4.69) is 61.4 Å². The van der Waals surface area contributed by atoms with Gasteiger partial charge in [-0.1, -0.05) is 31.2 Å². The predicted molar refractivity (Wildman–Crippen MR) is 131 cm³/mol. The van der Waals surface area contributed by atoms with Crippen LogP contribution in [0.3, 0.4) is 0 Å². The molecule has 2 aliphatic rings. The summed E-state index contributed by atoms with van der Waals surface area (Å²) >= 11 is 0. The summed E-state index contributed by atoms with van der Waals surface area (Å²) < 4.78 is 4.57. The molecule has 0 N–H and O–H groups in total. The van der Waals surface area contributed by atoms with Crippen molar-refractivity contribution in [1.29, 1.82) is 0 Å². The maximum atomic E-state index is 13.3. The van der Waals surface area contributed by atoms with Crippen molar-refractivity contribution < 1.29 is 4.79 Å². The van der Waals surface area contributed by atoms with Gasteiger partial charge in [0.15, 0.2) is 0 Å². The molecule has 1 fully saturated rings. The Kier molecular flexibility index (Phi) is 4.82. The molecule has 33 heavy (non-hydrogen) atoms. The van der Waals surface area contributed by atoms with Crippen LogP contribution < -0.4 is 0 Å². The Morgan fingerprint density at radius 3 is 3.00 bits per heavy atom. The Morgan fingerprint density at radius 2 is 2.09 bits per heavy atom. The molecular formula is C27H29N5O. The van der Waals surface area contributed by atoms with E-state index in [-0.39, 0.29) is 11.9 Å². The van der Waals surface area contributed by atoms with Gasteiger partial charge in [-0.25, -0.2) is 4.98 Å². The van der Waals surface area contributed by atoms with E-state index in [0.29, 0.717) is 18.9 Å². The topological polar surface area (TPSA) is 56.0 Å². The fraction of sp³-hybridized carbons (Fsp3) is 0.370. The SMILES string of the molecule is Cc1nc2ccccc2n1CCC(=O)N1CC[C@@H](C)[C@@H](n2ccc3cnc4c(c32)C=CC4)C1. The minimum Gasteiger partial charge on any atom is -0.342 e.